The highest BCUT2D eigenvalue weighted by atomic mass is 16.6. The largest absolute Gasteiger partial charge is 0.417 e. The molecule has 2 aromatic rings. The molecule has 2 rings (SSSR count). The number of carbonyl (C=O) groups is 1. The molecule has 4 N–H and O–H groups in total. The molecule has 21 heavy (non-hydrogen) atoms. The Morgan fingerprint density at radius 2 is 1.81 bits per heavy atom. The Bertz CT molecular complexity index is 624. The van der Waals surface area contributed by atoms with Gasteiger partial charge in [0, 0.05) is 12.1 Å². The molecule has 6 heteroatoms. The number of para-hydroxylation sites is 1. The van der Waals surface area contributed by atoms with Gasteiger partial charge < -0.3 is 15.7 Å². The van der Waals surface area contributed by atoms with Gasteiger partial charge in [0.25, 0.3) is 0 Å². The normalized spacial score (nSPS) is 11.0. The van der Waals surface area contributed by atoms with Gasteiger partial charge in [-0.05, 0) is 29.8 Å². The average Bonchev–Trinajstić information content (AvgIpc) is 2.50. The van der Waals surface area contributed by atoms with Crippen molar-refractivity contribution in [3.63, 3.8) is 0 Å². The number of carbonyl (C=O) groups excluding carboxylic acids is 1. The summed E-state index contributed by atoms with van der Waals surface area (Å²) in [6.07, 6.45) is -0.226. The molecular weight excluding hydrogens is 270 g/mol. The van der Waals surface area contributed by atoms with Crippen LogP contribution in [0.25, 0.3) is 0 Å². The predicted molar refractivity (Wildman–Crippen MR) is 79.6 cm³/mol. The van der Waals surface area contributed by atoms with Gasteiger partial charge in [-0.15, -0.1) is 0 Å². The van der Waals surface area contributed by atoms with E-state index >= 15 is 0 Å². The van der Waals surface area contributed by atoms with Crippen molar-refractivity contribution in [2.24, 2.45) is 10.9 Å². The summed E-state index contributed by atoms with van der Waals surface area (Å²) in [6, 6.07) is 15.8. The van der Waals surface area contributed by atoms with Crippen LogP contribution in [0.3, 0.4) is 0 Å². The summed E-state index contributed by atoms with van der Waals surface area (Å²) in [4.78, 5) is 11.7. The Morgan fingerprint density at radius 3 is 2.43 bits per heavy atom. The molecule has 0 aliphatic heterocycles. The van der Waals surface area contributed by atoms with E-state index in [2.05, 4.69) is 10.5 Å². The van der Waals surface area contributed by atoms with Crippen LogP contribution in [0.15, 0.2) is 59.8 Å². The van der Waals surface area contributed by atoms with E-state index in [0.29, 0.717) is 17.9 Å². The van der Waals surface area contributed by atoms with Gasteiger partial charge in [0.1, 0.15) is 11.6 Å². The third kappa shape index (κ3) is 4.54. The van der Waals surface area contributed by atoms with Gasteiger partial charge in [-0.2, -0.15) is 0 Å². The second-order valence-electron chi connectivity index (χ2n) is 4.29. The zero-order valence-electron chi connectivity index (χ0n) is 11.2. The van der Waals surface area contributed by atoms with Crippen LogP contribution in [0.5, 0.6) is 5.75 Å². The van der Waals surface area contributed by atoms with Crippen molar-refractivity contribution in [3.8, 4) is 5.75 Å². The highest BCUT2D eigenvalue weighted by Crippen LogP contribution is 2.13. The molecule has 0 spiro atoms. The topological polar surface area (TPSA) is 96.9 Å². The van der Waals surface area contributed by atoms with Crippen molar-refractivity contribution in [3.05, 3.63) is 60.2 Å². The quantitative estimate of drug-likeness (QED) is 0.348. The Morgan fingerprint density at radius 1 is 1.14 bits per heavy atom. The number of nitrogens with zero attached hydrogens (tertiary/aromatic N) is 1. The number of amidine groups is 1. The third-order valence-corrected chi connectivity index (χ3v) is 2.67. The minimum atomic E-state index is -0.564. The highest BCUT2D eigenvalue weighted by molar-refractivity contribution is 5.86. The molecule has 6 nitrogen and oxygen atoms in total. The van der Waals surface area contributed by atoms with Crippen LogP contribution in [0.2, 0.25) is 0 Å². The summed E-state index contributed by atoms with van der Waals surface area (Å²) in [6.45, 7) is 0. The zero-order valence-corrected chi connectivity index (χ0v) is 11.2. The van der Waals surface area contributed by atoms with Crippen molar-refractivity contribution in [1.29, 1.82) is 0 Å². The Kier molecular flexibility index (Phi) is 4.76. The lowest BCUT2D eigenvalue weighted by Crippen LogP contribution is -2.17. The predicted octanol–water partition coefficient (Wildman–Crippen LogP) is 2.59. The summed E-state index contributed by atoms with van der Waals surface area (Å²) in [5.74, 6) is 0.595. The summed E-state index contributed by atoms with van der Waals surface area (Å²) in [5.41, 5.74) is 6.88. The van der Waals surface area contributed by atoms with E-state index in [1.54, 1.807) is 48.5 Å². The van der Waals surface area contributed by atoms with Crippen LogP contribution >= 0.6 is 0 Å². The first-order chi connectivity index (χ1) is 10.2. The zero-order chi connectivity index (χ0) is 15.1. The maximum Gasteiger partial charge on any atom is 0.417 e. The number of oxime groups is 1. The standard InChI is InChI=1S/C15H15N3O3/c16-14(18-20)10-11-6-8-12(9-7-11)17-15(19)21-13-4-2-1-3-5-13/h1-9,20H,10H2,(H2,16,18)(H,17,19). The summed E-state index contributed by atoms with van der Waals surface area (Å²) < 4.78 is 5.11. The van der Waals surface area contributed by atoms with Gasteiger partial charge in [-0.25, -0.2) is 4.79 Å². The molecule has 0 saturated heterocycles. The molecule has 0 unspecified atom stereocenters. The number of hydrogen-bond donors (Lipinski definition) is 3. The summed E-state index contributed by atoms with van der Waals surface area (Å²) >= 11 is 0. The van der Waals surface area contributed by atoms with Crippen molar-refractivity contribution in [1.82, 2.24) is 0 Å². The summed E-state index contributed by atoms with van der Waals surface area (Å²) in [5, 5.41) is 14.0. The molecule has 0 aliphatic rings. The van der Waals surface area contributed by atoms with Crippen LogP contribution in [-0.2, 0) is 6.42 Å². The fourth-order valence-corrected chi connectivity index (χ4v) is 1.69. The molecule has 108 valence electrons. The SMILES string of the molecule is NC(Cc1ccc(NC(=O)Oc2ccccc2)cc1)=NO. The number of benzene rings is 2. The third-order valence-electron chi connectivity index (χ3n) is 2.67. The van der Waals surface area contributed by atoms with Crippen LogP contribution in [0.1, 0.15) is 5.56 Å². The van der Waals surface area contributed by atoms with Crippen LogP contribution in [-0.4, -0.2) is 17.1 Å². The summed E-state index contributed by atoms with van der Waals surface area (Å²) in [7, 11) is 0. The molecule has 0 fully saturated rings. The van der Waals surface area contributed by atoms with E-state index in [4.69, 9.17) is 15.7 Å². The first kappa shape index (κ1) is 14.4. The Labute approximate surface area is 121 Å². The fourth-order valence-electron chi connectivity index (χ4n) is 1.69. The van der Waals surface area contributed by atoms with Crippen molar-refractivity contribution < 1.29 is 14.7 Å². The number of nitrogens with one attached hydrogen (secondary N) is 1. The van der Waals surface area contributed by atoms with E-state index in [-0.39, 0.29) is 5.84 Å². The Balaban J connectivity index is 1.92. The molecule has 0 saturated carbocycles. The maximum atomic E-state index is 11.7. The lowest BCUT2D eigenvalue weighted by molar-refractivity contribution is 0.215. The average molecular weight is 285 g/mol. The first-order valence-corrected chi connectivity index (χ1v) is 6.26. The number of nitrogens with two attached hydrogens (primary N) is 1. The Hall–Kier alpha value is -3.02. The van der Waals surface area contributed by atoms with E-state index in [0.717, 1.165) is 5.56 Å². The molecule has 0 aliphatic carbocycles. The number of anilines is 1. The van der Waals surface area contributed by atoms with Gasteiger partial charge in [0.05, 0.1) is 0 Å². The minimum Gasteiger partial charge on any atom is -0.410 e. The van der Waals surface area contributed by atoms with Gasteiger partial charge in [0.15, 0.2) is 0 Å². The van der Waals surface area contributed by atoms with Crippen molar-refractivity contribution >= 4 is 17.6 Å². The van der Waals surface area contributed by atoms with Gasteiger partial charge in [-0.1, -0.05) is 35.5 Å². The van der Waals surface area contributed by atoms with E-state index in [9.17, 15) is 4.79 Å². The number of ether oxygens (including phenoxy) is 1. The second-order valence-corrected chi connectivity index (χ2v) is 4.29. The van der Waals surface area contributed by atoms with Crippen LogP contribution in [0.4, 0.5) is 10.5 Å². The number of rotatable bonds is 4. The number of amides is 1. The lowest BCUT2D eigenvalue weighted by Gasteiger charge is -2.07. The smallest absolute Gasteiger partial charge is 0.410 e. The molecule has 0 heterocycles. The first-order valence-electron chi connectivity index (χ1n) is 6.26. The van der Waals surface area contributed by atoms with Gasteiger partial charge >= 0.3 is 6.09 Å². The van der Waals surface area contributed by atoms with Crippen LogP contribution in [0, 0.1) is 0 Å². The molecule has 0 bridgehead atoms. The van der Waals surface area contributed by atoms with Crippen molar-refractivity contribution in [2.45, 2.75) is 6.42 Å². The number of hydrogen-bond acceptors (Lipinski definition) is 4. The van der Waals surface area contributed by atoms with Gasteiger partial charge in [0.2, 0.25) is 0 Å². The minimum absolute atomic E-state index is 0.124. The fraction of sp³-hybridized carbons (Fsp3) is 0.0667. The second kappa shape index (κ2) is 6.95. The molecule has 1 amide bonds. The van der Waals surface area contributed by atoms with Crippen molar-refractivity contribution in [2.75, 3.05) is 5.32 Å². The van der Waals surface area contributed by atoms with E-state index in [1.807, 2.05) is 6.07 Å². The maximum absolute atomic E-state index is 11.7. The van der Waals surface area contributed by atoms with Crippen LogP contribution < -0.4 is 15.8 Å². The molecular formula is C15H15N3O3. The van der Waals surface area contributed by atoms with E-state index in [1.165, 1.54) is 0 Å². The van der Waals surface area contributed by atoms with E-state index < -0.39 is 6.09 Å². The molecule has 0 atom stereocenters. The van der Waals surface area contributed by atoms with Gasteiger partial charge in [-0.3, -0.25) is 5.32 Å². The lowest BCUT2D eigenvalue weighted by atomic mass is 10.1. The molecule has 2 aromatic carbocycles. The molecule has 0 aromatic heterocycles. The monoisotopic (exact) mass is 285 g/mol. The highest BCUT2D eigenvalue weighted by Gasteiger charge is 2.05. The molecule has 0 radical (unpaired) electrons.